The van der Waals surface area contributed by atoms with E-state index in [-0.39, 0.29) is 33.9 Å². The summed E-state index contributed by atoms with van der Waals surface area (Å²) in [5.41, 5.74) is 7.86. The highest BCUT2D eigenvalue weighted by molar-refractivity contribution is 7.89. The van der Waals surface area contributed by atoms with E-state index in [1.165, 1.54) is 18.2 Å². The van der Waals surface area contributed by atoms with Crippen LogP contribution in [0.3, 0.4) is 0 Å². The summed E-state index contributed by atoms with van der Waals surface area (Å²) in [4.78, 5) is 16.2. The van der Waals surface area contributed by atoms with E-state index in [0.29, 0.717) is 24.3 Å². The number of carbonyl (C=O) groups is 1. The largest absolute Gasteiger partial charge is 0.494 e. The van der Waals surface area contributed by atoms with Gasteiger partial charge in [0.2, 0.25) is 16.0 Å². The number of hydrogen-bond donors (Lipinski definition) is 5. The summed E-state index contributed by atoms with van der Waals surface area (Å²) < 4.78 is 32.9. The SMILES string of the molecule is N=C(N)NOCCCOc1ccc(C[C@H](NS(=O)(=O)c2cccc(Cl)c2Cl)C(=O)O)cc1. The maximum atomic E-state index is 12.6. The van der Waals surface area contributed by atoms with Crippen LogP contribution in [0.15, 0.2) is 47.4 Å². The molecule has 0 saturated carbocycles. The van der Waals surface area contributed by atoms with Crippen molar-refractivity contribution in [2.45, 2.75) is 23.8 Å². The van der Waals surface area contributed by atoms with Crippen molar-refractivity contribution in [1.82, 2.24) is 10.2 Å². The summed E-state index contributed by atoms with van der Waals surface area (Å²) in [5.74, 6) is -1.09. The second-order valence-electron chi connectivity index (χ2n) is 6.48. The summed E-state index contributed by atoms with van der Waals surface area (Å²) in [6.45, 7) is 0.631. The zero-order valence-electron chi connectivity index (χ0n) is 16.7. The topological polar surface area (TPSA) is 164 Å². The number of rotatable bonds is 12. The molecule has 0 aliphatic carbocycles. The van der Waals surface area contributed by atoms with E-state index in [1.54, 1.807) is 24.3 Å². The van der Waals surface area contributed by atoms with Gasteiger partial charge in [0, 0.05) is 6.42 Å². The molecule has 0 bridgehead atoms. The number of nitrogens with one attached hydrogen (secondary N) is 3. The third-order valence-corrected chi connectivity index (χ3v) is 6.45. The number of hydrogen-bond acceptors (Lipinski definition) is 6. The fraction of sp³-hybridized carbons (Fsp3) is 0.263. The van der Waals surface area contributed by atoms with Crippen LogP contribution in [0.1, 0.15) is 12.0 Å². The van der Waals surface area contributed by atoms with Crippen LogP contribution in [0, 0.1) is 5.41 Å². The molecule has 2 aromatic carbocycles. The van der Waals surface area contributed by atoms with E-state index >= 15 is 0 Å². The van der Waals surface area contributed by atoms with Gasteiger partial charge < -0.3 is 15.6 Å². The predicted octanol–water partition coefficient (Wildman–Crippen LogP) is 2.15. The minimum absolute atomic E-state index is 0.0404. The van der Waals surface area contributed by atoms with E-state index in [4.69, 9.17) is 43.9 Å². The number of benzene rings is 2. The highest BCUT2D eigenvalue weighted by Crippen LogP contribution is 2.29. The molecular formula is C19H22Cl2N4O6S. The van der Waals surface area contributed by atoms with Crippen LogP contribution in [0.5, 0.6) is 5.75 Å². The molecule has 10 nitrogen and oxygen atoms in total. The van der Waals surface area contributed by atoms with Gasteiger partial charge in [0.05, 0.1) is 23.3 Å². The molecule has 174 valence electrons. The first kappa shape index (κ1) is 25.7. The molecule has 2 aromatic rings. The molecule has 0 aromatic heterocycles. The number of nitrogens with two attached hydrogens (primary N) is 1. The molecule has 0 aliphatic heterocycles. The van der Waals surface area contributed by atoms with Crippen molar-refractivity contribution >= 4 is 45.2 Å². The van der Waals surface area contributed by atoms with E-state index in [1.807, 2.05) is 0 Å². The fourth-order valence-corrected chi connectivity index (χ4v) is 4.48. The van der Waals surface area contributed by atoms with E-state index < -0.39 is 22.0 Å². The zero-order valence-corrected chi connectivity index (χ0v) is 19.0. The summed E-state index contributed by atoms with van der Waals surface area (Å²) in [5, 5.41) is 16.3. The Morgan fingerprint density at radius 1 is 1.16 bits per heavy atom. The normalized spacial score (nSPS) is 12.2. The number of aliphatic carboxylic acids is 1. The molecular weight excluding hydrogens is 483 g/mol. The monoisotopic (exact) mass is 504 g/mol. The maximum absolute atomic E-state index is 12.6. The first-order valence-electron chi connectivity index (χ1n) is 9.23. The van der Waals surface area contributed by atoms with Gasteiger partial charge in [-0.3, -0.25) is 15.0 Å². The first-order valence-corrected chi connectivity index (χ1v) is 11.5. The van der Waals surface area contributed by atoms with Crippen molar-refractivity contribution in [3.05, 3.63) is 58.1 Å². The standard InChI is InChI=1S/C19H22Cl2N4O6S/c20-14-3-1-4-16(17(14)21)32(28,29)25-15(18(26)27)11-12-5-7-13(8-6-12)30-9-2-10-31-24-19(22)23/h1,3-8,15,25H,2,9-11H2,(H,26,27)(H4,22,23,24)/t15-/m0/s1. The number of sulfonamides is 1. The van der Waals surface area contributed by atoms with Gasteiger partial charge in [-0.15, -0.1) is 0 Å². The predicted molar refractivity (Wildman–Crippen MR) is 119 cm³/mol. The van der Waals surface area contributed by atoms with Crippen molar-refractivity contribution in [1.29, 1.82) is 5.41 Å². The van der Waals surface area contributed by atoms with Gasteiger partial charge in [-0.05, 0) is 36.2 Å². The molecule has 6 N–H and O–H groups in total. The third kappa shape index (κ3) is 7.84. The van der Waals surface area contributed by atoms with Crippen molar-refractivity contribution in [3.8, 4) is 5.75 Å². The Balaban J connectivity index is 1.96. The average Bonchev–Trinajstić information content (AvgIpc) is 2.72. The second-order valence-corrected chi connectivity index (χ2v) is 8.95. The van der Waals surface area contributed by atoms with Crippen LogP contribution in [0.25, 0.3) is 0 Å². The Labute approximate surface area is 195 Å². The third-order valence-electron chi connectivity index (χ3n) is 4.01. The fourth-order valence-electron chi connectivity index (χ4n) is 2.53. The molecule has 0 aliphatic rings. The zero-order chi connectivity index (χ0) is 23.7. The molecule has 1 atom stereocenters. The van der Waals surface area contributed by atoms with Crippen LogP contribution < -0.4 is 20.7 Å². The molecule has 0 saturated heterocycles. The van der Waals surface area contributed by atoms with E-state index in [2.05, 4.69) is 10.2 Å². The number of hydroxylamine groups is 1. The molecule has 0 heterocycles. The Kier molecular flexibility index (Phi) is 9.54. The van der Waals surface area contributed by atoms with Gasteiger partial charge in [0.25, 0.3) is 0 Å². The van der Waals surface area contributed by atoms with Crippen LogP contribution in [0.2, 0.25) is 10.0 Å². The number of ether oxygens (including phenoxy) is 1. The summed E-state index contributed by atoms with van der Waals surface area (Å²) in [6.07, 6.45) is 0.439. The molecule has 0 amide bonds. The molecule has 0 unspecified atom stereocenters. The van der Waals surface area contributed by atoms with Gasteiger partial charge in [-0.2, -0.15) is 4.72 Å². The molecule has 0 fully saturated rings. The van der Waals surface area contributed by atoms with E-state index in [0.717, 1.165) is 0 Å². The Morgan fingerprint density at radius 2 is 1.84 bits per heavy atom. The van der Waals surface area contributed by atoms with Crippen molar-refractivity contribution in [3.63, 3.8) is 0 Å². The Hall–Kier alpha value is -2.57. The number of carboxylic acid groups (broad SMARTS) is 1. The van der Waals surface area contributed by atoms with Crippen molar-refractivity contribution in [2.75, 3.05) is 13.2 Å². The molecule has 0 spiro atoms. The summed E-state index contributed by atoms with van der Waals surface area (Å²) in [7, 11) is -4.22. The smallest absolute Gasteiger partial charge is 0.322 e. The molecule has 0 radical (unpaired) electrons. The van der Waals surface area contributed by atoms with E-state index in [9.17, 15) is 18.3 Å². The highest BCUT2D eigenvalue weighted by atomic mass is 35.5. The average molecular weight is 505 g/mol. The quantitative estimate of drug-likeness (QED) is 0.127. The van der Waals surface area contributed by atoms with Crippen LogP contribution >= 0.6 is 23.2 Å². The highest BCUT2D eigenvalue weighted by Gasteiger charge is 2.27. The van der Waals surface area contributed by atoms with Crippen LogP contribution in [-0.4, -0.2) is 44.7 Å². The summed E-state index contributed by atoms with van der Waals surface area (Å²) >= 11 is 11.8. The molecule has 32 heavy (non-hydrogen) atoms. The number of halogens is 2. The minimum atomic E-state index is -4.22. The minimum Gasteiger partial charge on any atom is -0.494 e. The lowest BCUT2D eigenvalue weighted by atomic mass is 10.1. The first-order chi connectivity index (χ1) is 15.1. The van der Waals surface area contributed by atoms with Crippen molar-refractivity contribution < 1.29 is 27.9 Å². The van der Waals surface area contributed by atoms with Gasteiger partial charge >= 0.3 is 5.97 Å². The second kappa shape index (κ2) is 11.9. The number of carboxylic acids is 1. The van der Waals surface area contributed by atoms with Gasteiger partial charge in [0.15, 0.2) is 0 Å². The Bertz CT molecular complexity index is 1050. The maximum Gasteiger partial charge on any atom is 0.322 e. The Morgan fingerprint density at radius 3 is 2.47 bits per heavy atom. The van der Waals surface area contributed by atoms with Crippen molar-refractivity contribution in [2.24, 2.45) is 5.73 Å². The molecule has 13 heteroatoms. The molecule has 2 rings (SSSR count). The lowest BCUT2D eigenvalue weighted by Gasteiger charge is -2.16. The van der Waals surface area contributed by atoms with Crippen LogP contribution in [-0.2, 0) is 26.1 Å². The van der Waals surface area contributed by atoms with Gasteiger partial charge in [-0.25, -0.2) is 13.9 Å². The number of guanidine groups is 1. The summed E-state index contributed by atoms with van der Waals surface area (Å²) in [6, 6.07) is 9.21. The van der Waals surface area contributed by atoms with Gasteiger partial charge in [0.1, 0.15) is 16.7 Å². The lowest BCUT2D eigenvalue weighted by Crippen LogP contribution is -2.42. The van der Waals surface area contributed by atoms with Gasteiger partial charge in [-0.1, -0.05) is 41.4 Å². The lowest BCUT2D eigenvalue weighted by molar-refractivity contribution is -0.138. The van der Waals surface area contributed by atoms with Crippen LogP contribution in [0.4, 0.5) is 0 Å².